The molecule has 24 rings (SSSR count). The van der Waals surface area contributed by atoms with Crippen LogP contribution < -0.4 is 0 Å². The van der Waals surface area contributed by atoms with Gasteiger partial charge in [-0.3, -0.25) is 0 Å². The third kappa shape index (κ3) is 11.0. The van der Waals surface area contributed by atoms with Crippen molar-refractivity contribution in [3.05, 3.63) is 388 Å². The summed E-state index contributed by atoms with van der Waals surface area (Å²) >= 11 is 0. The second kappa shape index (κ2) is 26.8. The minimum Gasteiger partial charge on any atom is -0.456 e. The van der Waals surface area contributed by atoms with Gasteiger partial charge in [0, 0.05) is 82.0 Å². The molecule has 0 fully saturated rings. The minimum atomic E-state index is 0.511. The van der Waals surface area contributed by atoms with Gasteiger partial charge in [-0.05, 0) is 138 Å². The summed E-state index contributed by atoms with van der Waals surface area (Å²) in [6, 6.07) is 137. The second-order valence-electron chi connectivity index (χ2n) is 30.4. The van der Waals surface area contributed by atoms with Crippen molar-refractivity contribution in [2.24, 2.45) is 0 Å². The first kappa shape index (κ1) is 66.6. The van der Waals surface area contributed by atoms with Crippen LogP contribution in [-0.4, -0.2) is 39.0 Å². The van der Waals surface area contributed by atoms with Crippen LogP contribution in [-0.2, 0) is 0 Å². The van der Waals surface area contributed by atoms with Crippen LogP contribution in [0.25, 0.3) is 244 Å². The molecule has 0 bridgehead atoms. The number of furan rings is 2. The molecule has 0 aliphatic heterocycles. The van der Waals surface area contributed by atoms with Crippen LogP contribution in [0.5, 0.6) is 0 Å². The number of hydrogen-bond donors (Lipinski definition) is 0. The monoisotopic (exact) mass is 1500 g/mol. The van der Waals surface area contributed by atoms with E-state index in [1.165, 1.54) is 10.8 Å². The Morgan fingerprint density at radius 3 is 1.02 bits per heavy atom. The Balaban J connectivity index is 0.637. The van der Waals surface area contributed by atoms with E-state index in [9.17, 15) is 0 Å². The van der Waals surface area contributed by atoms with Gasteiger partial charge in [0.25, 0.3) is 0 Å². The van der Waals surface area contributed by atoms with Gasteiger partial charge in [0.05, 0.1) is 33.4 Å². The Hall–Kier alpha value is -16.0. The summed E-state index contributed by atoms with van der Waals surface area (Å²) in [5.74, 6) is 3.23. The standard InChI is InChI=1S/C108H64N8O2/c1-3-21-65(22-4-1)67-43-51-73(52-44-67)103-109-104(112-107(111-103)91-63-100-89(84-34-15-18-40-99(84)117-100)61-97(91)115-93-38-16-13-32-82(93)87-57-76-26-7-9-28-78(76)59-95(87)115)74-55-47-70(48-56-74)69-41-49-72(50-42-69)81-35-20-36-85-90-62-98(116-94-39-17-14-33-83(94)88-58-77-27-8-10-29-79(77)60-96(88)116)92(64-101(90)118-102(81)85)108-113-105(75-53-45-68(46-54-75)66-23-5-2-6-24-66)110-106(114-108)86-37-19-30-71-25-11-12-31-80(71)86/h1-64H. The van der Waals surface area contributed by atoms with E-state index in [1.807, 2.05) is 24.3 Å². The van der Waals surface area contributed by atoms with E-state index in [4.69, 9.17) is 38.7 Å². The van der Waals surface area contributed by atoms with Crippen molar-refractivity contribution < 1.29 is 8.83 Å². The Morgan fingerprint density at radius 1 is 0.169 bits per heavy atom. The maximum atomic E-state index is 7.32. The summed E-state index contributed by atoms with van der Waals surface area (Å²) in [5.41, 5.74) is 22.7. The van der Waals surface area contributed by atoms with E-state index in [0.717, 1.165) is 193 Å². The molecular formula is C108H64N8O2. The van der Waals surface area contributed by atoms with Crippen LogP contribution in [0.3, 0.4) is 0 Å². The molecule has 0 N–H and O–H groups in total. The molecule has 6 aromatic heterocycles. The molecule has 24 aromatic rings. The first-order valence-electron chi connectivity index (χ1n) is 39.8. The highest BCUT2D eigenvalue weighted by atomic mass is 16.3. The molecule has 6 heterocycles. The van der Waals surface area contributed by atoms with Crippen LogP contribution in [0.4, 0.5) is 0 Å². The van der Waals surface area contributed by atoms with Gasteiger partial charge in [-0.25, -0.2) is 29.9 Å². The number of aromatic nitrogens is 8. The van der Waals surface area contributed by atoms with Gasteiger partial charge in [0.1, 0.15) is 22.3 Å². The lowest BCUT2D eigenvalue weighted by atomic mass is 9.98. The zero-order valence-electron chi connectivity index (χ0n) is 63.3. The quantitative estimate of drug-likeness (QED) is 0.119. The summed E-state index contributed by atoms with van der Waals surface area (Å²) in [7, 11) is 0. The molecule has 0 saturated heterocycles. The minimum absolute atomic E-state index is 0.511. The second-order valence-corrected chi connectivity index (χ2v) is 30.4. The number of hydrogen-bond acceptors (Lipinski definition) is 8. The Bertz CT molecular complexity index is 8210. The van der Waals surface area contributed by atoms with E-state index < -0.39 is 0 Å². The third-order valence-corrected chi connectivity index (χ3v) is 23.6. The molecule has 0 unspecified atom stereocenters. The molecule has 0 spiro atoms. The van der Waals surface area contributed by atoms with Crippen LogP contribution in [0.15, 0.2) is 397 Å². The maximum absolute atomic E-state index is 7.32. The lowest BCUT2D eigenvalue weighted by Crippen LogP contribution is -2.04. The summed E-state index contributed by atoms with van der Waals surface area (Å²) < 4.78 is 18.8. The van der Waals surface area contributed by atoms with E-state index in [1.54, 1.807) is 0 Å². The fourth-order valence-electron chi connectivity index (χ4n) is 17.8. The normalized spacial score (nSPS) is 11.9. The lowest BCUT2D eigenvalue weighted by molar-refractivity contribution is 0.669. The van der Waals surface area contributed by atoms with Crippen molar-refractivity contribution >= 4 is 120 Å². The van der Waals surface area contributed by atoms with Gasteiger partial charge >= 0.3 is 0 Å². The van der Waals surface area contributed by atoms with Gasteiger partial charge in [-0.2, -0.15) is 0 Å². The number of para-hydroxylation sites is 4. The number of fused-ring (bicyclic) bond motifs is 15. The summed E-state index contributed by atoms with van der Waals surface area (Å²) in [6.45, 7) is 0. The van der Waals surface area contributed by atoms with Crippen molar-refractivity contribution in [1.82, 2.24) is 39.0 Å². The molecule has 0 aliphatic rings. The largest absolute Gasteiger partial charge is 0.456 e. The fraction of sp³-hybridized carbons (Fsp3) is 0. The van der Waals surface area contributed by atoms with Gasteiger partial charge in [-0.1, -0.05) is 322 Å². The topological polar surface area (TPSA) is 113 Å². The first-order valence-corrected chi connectivity index (χ1v) is 39.8. The Morgan fingerprint density at radius 2 is 0.508 bits per heavy atom. The summed E-state index contributed by atoms with van der Waals surface area (Å²) in [4.78, 5) is 32.8. The predicted molar refractivity (Wildman–Crippen MR) is 483 cm³/mol. The molecule has 10 heteroatoms. The Labute approximate surface area is 675 Å². The van der Waals surface area contributed by atoms with Crippen molar-refractivity contribution in [2.75, 3.05) is 0 Å². The molecule has 0 radical (unpaired) electrons. The average molecular weight is 1510 g/mol. The molecule has 548 valence electrons. The lowest BCUT2D eigenvalue weighted by Gasteiger charge is -2.16. The van der Waals surface area contributed by atoms with E-state index in [2.05, 4.69) is 373 Å². The number of rotatable bonds is 12. The Kier molecular flexibility index (Phi) is 15.1. The molecule has 118 heavy (non-hydrogen) atoms. The molecular weight excluding hydrogens is 1440 g/mol. The molecule has 0 amide bonds. The number of benzene rings is 18. The summed E-state index contributed by atoms with van der Waals surface area (Å²) in [6.07, 6.45) is 0. The van der Waals surface area contributed by atoms with E-state index >= 15 is 0 Å². The predicted octanol–water partition coefficient (Wildman–Crippen LogP) is 28.2. The van der Waals surface area contributed by atoms with Crippen molar-refractivity contribution in [3.8, 4) is 124 Å². The highest BCUT2D eigenvalue weighted by Gasteiger charge is 2.27. The molecule has 18 aromatic carbocycles. The van der Waals surface area contributed by atoms with Crippen LogP contribution in [0.2, 0.25) is 0 Å². The molecule has 0 aliphatic carbocycles. The zero-order valence-corrected chi connectivity index (χ0v) is 63.3. The average Bonchev–Trinajstić information content (AvgIpc) is 1.56. The van der Waals surface area contributed by atoms with Crippen LogP contribution in [0.1, 0.15) is 0 Å². The fourth-order valence-corrected chi connectivity index (χ4v) is 17.8. The highest BCUT2D eigenvalue weighted by molar-refractivity contribution is 6.18. The van der Waals surface area contributed by atoms with Crippen molar-refractivity contribution in [1.29, 1.82) is 0 Å². The van der Waals surface area contributed by atoms with Gasteiger partial charge in [0.15, 0.2) is 34.9 Å². The van der Waals surface area contributed by atoms with Crippen molar-refractivity contribution in [3.63, 3.8) is 0 Å². The van der Waals surface area contributed by atoms with Crippen LogP contribution in [0, 0.1) is 0 Å². The van der Waals surface area contributed by atoms with Crippen LogP contribution >= 0.6 is 0 Å². The van der Waals surface area contributed by atoms with Gasteiger partial charge in [0.2, 0.25) is 0 Å². The van der Waals surface area contributed by atoms with E-state index in [-0.39, 0.29) is 0 Å². The maximum Gasteiger partial charge on any atom is 0.166 e. The smallest absolute Gasteiger partial charge is 0.166 e. The number of nitrogens with zero attached hydrogens (tertiary/aromatic N) is 8. The SMILES string of the molecule is c1ccc(-c2ccc(-c3nc(-c4ccc(-c5ccc(-c6cccc7c6oc6cc(-c8nc(-c9ccc(-c%10ccccc%10)cc9)nc(-c9cccc%10ccccc9%10)n8)c(-n8c9ccccc9c9cc%10ccccc%10cc98)cc67)cc5)cc4)nc(-c4cc5oc6ccccc6c5cc4-n4c5ccccc5c5cc6ccccc6cc54)n3)cc2)cc1. The summed E-state index contributed by atoms with van der Waals surface area (Å²) in [5, 5.41) is 15.3. The third-order valence-electron chi connectivity index (χ3n) is 23.6. The van der Waals surface area contributed by atoms with Gasteiger partial charge < -0.3 is 18.0 Å². The van der Waals surface area contributed by atoms with E-state index in [0.29, 0.717) is 40.5 Å². The highest BCUT2D eigenvalue weighted by Crippen LogP contribution is 2.47. The molecule has 0 atom stereocenters. The van der Waals surface area contributed by atoms with Crippen molar-refractivity contribution in [2.45, 2.75) is 0 Å². The molecule has 0 saturated carbocycles. The van der Waals surface area contributed by atoms with Gasteiger partial charge in [-0.15, -0.1) is 0 Å². The molecule has 10 nitrogen and oxygen atoms in total. The first-order chi connectivity index (χ1) is 58.4. The zero-order chi connectivity index (χ0) is 77.5.